The molecule has 94 valence electrons. The van der Waals surface area contributed by atoms with Crippen LogP contribution in [0.15, 0.2) is 24.3 Å². The summed E-state index contributed by atoms with van der Waals surface area (Å²) in [5.74, 6) is 0.0398. The Labute approximate surface area is 102 Å². The second kappa shape index (κ2) is 6.25. The minimum absolute atomic E-state index is 0.102. The summed E-state index contributed by atoms with van der Waals surface area (Å²) in [6.07, 6.45) is -0.213. The highest BCUT2D eigenvalue weighted by Crippen LogP contribution is 2.07. The molecule has 0 radical (unpaired) electrons. The Hall–Kier alpha value is -1.55. The van der Waals surface area contributed by atoms with Crippen molar-refractivity contribution in [2.75, 3.05) is 12.3 Å². The first-order chi connectivity index (χ1) is 7.99. The standard InChI is InChI=1S/C13H20N2O2/c1-9(2)12(16)8-15-13(17)7-10-4-3-5-11(14)6-10/h3-6,9,12,16H,7-8,14H2,1-2H3,(H,15,17). The third-order valence-corrected chi connectivity index (χ3v) is 2.59. The molecule has 17 heavy (non-hydrogen) atoms. The van der Waals surface area contributed by atoms with Crippen LogP contribution in [0, 0.1) is 5.92 Å². The lowest BCUT2D eigenvalue weighted by Gasteiger charge is -2.15. The van der Waals surface area contributed by atoms with E-state index in [9.17, 15) is 9.90 Å². The van der Waals surface area contributed by atoms with Crippen molar-refractivity contribution in [2.24, 2.45) is 5.92 Å². The van der Waals surface area contributed by atoms with E-state index in [4.69, 9.17) is 5.73 Å². The number of aliphatic hydroxyl groups excluding tert-OH is 1. The van der Waals surface area contributed by atoms with Crippen molar-refractivity contribution in [3.8, 4) is 0 Å². The Bertz CT molecular complexity index is 377. The van der Waals surface area contributed by atoms with Crippen LogP contribution < -0.4 is 11.1 Å². The van der Waals surface area contributed by atoms with E-state index in [0.29, 0.717) is 12.2 Å². The van der Waals surface area contributed by atoms with Gasteiger partial charge in [-0.05, 0) is 23.6 Å². The molecule has 1 atom stereocenters. The maximum absolute atomic E-state index is 11.6. The van der Waals surface area contributed by atoms with Gasteiger partial charge in [0, 0.05) is 12.2 Å². The molecule has 0 saturated heterocycles. The van der Waals surface area contributed by atoms with Gasteiger partial charge in [0.05, 0.1) is 12.5 Å². The van der Waals surface area contributed by atoms with Gasteiger partial charge in [-0.1, -0.05) is 26.0 Å². The third kappa shape index (κ3) is 4.87. The second-order valence-electron chi connectivity index (χ2n) is 4.54. The summed E-state index contributed by atoms with van der Waals surface area (Å²) in [6.45, 7) is 4.11. The molecule has 0 aliphatic carbocycles. The Kier molecular flexibility index (Phi) is 4.97. The van der Waals surface area contributed by atoms with Crippen LogP contribution in [0.4, 0.5) is 5.69 Å². The molecule has 0 saturated carbocycles. The molecular formula is C13H20N2O2. The summed E-state index contributed by atoms with van der Waals surface area (Å²) in [5, 5.41) is 12.3. The smallest absolute Gasteiger partial charge is 0.224 e. The number of carbonyl (C=O) groups is 1. The van der Waals surface area contributed by atoms with Crippen LogP contribution >= 0.6 is 0 Å². The number of hydrogen-bond donors (Lipinski definition) is 3. The maximum atomic E-state index is 11.6. The number of aliphatic hydroxyl groups is 1. The molecule has 4 heteroatoms. The largest absolute Gasteiger partial charge is 0.399 e. The predicted octanol–water partition coefficient (Wildman–Crippen LogP) is 0.944. The number of hydrogen-bond acceptors (Lipinski definition) is 3. The van der Waals surface area contributed by atoms with Crippen molar-refractivity contribution in [2.45, 2.75) is 26.4 Å². The Balaban J connectivity index is 2.40. The van der Waals surface area contributed by atoms with Crippen LogP contribution in [-0.4, -0.2) is 23.7 Å². The monoisotopic (exact) mass is 236 g/mol. The highest BCUT2D eigenvalue weighted by molar-refractivity contribution is 5.78. The molecule has 0 fully saturated rings. The summed E-state index contributed by atoms with van der Waals surface area (Å²) in [7, 11) is 0. The van der Waals surface area contributed by atoms with E-state index >= 15 is 0 Å². The van der Waals surface area contributed by atoms with E-state index in [2.05, 4.69) is 5.32 Å². The molecule has 0 aliphatic heterocycles. The molecule has 1 rings (SSSR count). The number of nitrogens with one attached hydrogen (secondary N) is 1. The fraction of sp³-hybridized carbons (Fsp3) is 0.462. The second-order valence-corrected chi connectivity index (χ2v) is 4.54. The first-order valence-electron chi connectivity index (χ1n) is 5.78. The van der Waals surface area contributed by atoms with Crippen molar-refractivity contribution < 1.29 is 9.90 Å². The zero-order chi connectivity index (χ0) is 12.8. The van der Waals surface area contributed by atoms with E-state index < -0.39 is 6.10 Å². The van der Waals surface area contributed by atoms with Gasteiger partial charge in [-0.25, -0.2) is 0 Å². The number of rotatable bonds is 5. The van der Waals surface area contributed by atoms with Crippen LogP contribution in [-0.2, 0) is 11.2 Å². The van der Waals surface area contributed by atoms with Gasteiger partial charge in [0.2, 0.25) is 5.91 Å². The Morgan fingerprint density at radius 2 is 2.18 bits per heavy atom. The topological polar surface area (TPSA) is 75.3 Å². The molecule has 0 aliphatic rings. The van der Waals surface area contributed by atoms with Crippen molar-refractivity contribution >= 4 is 11.6 Å². The molecule has 1 amide bonds. The average Bonchev–Trinajstić information content (AvgIpc) is 2.25. The predicted molar refractivity (Wildman–Crippen MR) is 68.4 cm³/mol. The average molecular weight is 236 g/mol. The van der Waals surface area contributed by atoms with E-state index in [0.717, 1.165) is 5.56 Å². The summed E-state index contributed by atoms with van der Waals surface area (Å²) in [4.78, 5) is 11.6. The SMILES string of the molecule is CC(C)C(O)CNC(=O)Cc1cccc(N)c1. The first kappa shape index (κ1) is 13.5. The summed E-state index contributed by atoms with van der Waals surface area (Å²) >= 11 is 0. The normalized spacial score (nSPS) is 12.5. The van der Waals surface area contributed by atoms with Crippen LogP contribution in [0.1, 0.15) is 19.4 Å². The van der Waals surface area contributed by atoms with Gasteiger partial charge in [0.15, 0.2) is 0 Å². The number of carbonyl (C=O) groups excluding carboxylic acids is 1. The highest BCUT2D eigenvalue weighted by atomic mass is 16.3. The minimum Gasteiger partial charge on any atom is -0.399 e. The Morgan fingerprint density at radius 3 is 2.76 bits per heavy atom. The quantitative estimate of drug-likeness (QED) is 0.666. The van der Waals surface area contributed by atoms with Crippen molar-refractivity contribution in [3.05, 3.63) is 29.8 Å². The molecule has 1 unspecified atom stereocenters. The molecule has 4 N–H and O–H groups in total. The van der Waals surface area contributed by atoms with Crippen LogP contribution in [0.25, 0.3) is 0 Å². The minimum atomic E-state index is -0.500. The first-order valence-corrected chi connectivity index (χ1v) is 5.78. The maximum Gasteiger partial charge on any atom is 0.224 e. The molecule has 0 heterocycles. The lowest BCUT2D eigenvalue weighted by molar-refractivity contribution is -0.121. The Morgan fingerprint density at radius 1 is 1.47 bits per heavy atom. The lowest BCUT2D eigenvalue weighted by Crippen LogP contribution is -2.35. The molecule has 4 nitrogen and oxygen atoms in total. The number of nitrogens with two attached hydrogens (primary N) is 1. The van der Waals surface area contributed by atoms with Crippen LogP contribution in [0.3, 0.4) is 0 Å². The van der Waals surface area contributed by atoms with E-state index in [1.807, 2.05) is 26.0 Å². The van der Waals surface area contributed by atoms with Crippen molar-refractivity contribution in [1.29, 1.82) is 0 Å². The molecule has 0 spiro atoms. The fourth-order valence-corrected chi connectivity index (χ4v) is 1.41. The molecular weight excluding hydrogens is 216 g/mol. The van der Waals surface area contributed by atoms with E-state index in [-0.39, 0.29) is 18.2 Å². The lowest BCUT2D eigenvalue weighted by atomic mass is 10.1. The molecule has 0 aromatic heterocycles. The zero-order valence-electron chi connectivity index (χ0n) is 10.3. The van der Waals surface area contributed by atoms with Gasteiger partial charge in [-0.3, -0.25) is 4.79 Å². The molecule has 0 bridgehead atoms. The summed E-state index contributed by atoms with van der Waals surface area (Å²) in [6, 6.07) is 7.23. The third-order valence-electron chi connectivity index (χ3n) is 2.59. The van der Waals surface area contributed by atoms with Gasteiger partial charge in [0.1, 0.15) is 0 Å². The number of benzene rings is 1. The van der Waals surface area contributed by atoms with E-state index in [1.165, 1.54) is 0 Å². The summed E-state index contributed by atoms with van der Waals surface area (Å²) < 4.78 is 0. The molecule has 1 aromatic rings. The van der Waals surface area contributed by atoms with Crippen LogP contribution in [0.2, 0.25) is 0 Å². The summed E-state index contributed by atoms with van der Waals surface area (Å²) in [5.41, 5.74) is 7.15. The van der Waals surface area contributed by atoms with Gasteiger partial charge in [0.25, 0.3) is 0 Å². The highest BCUT2D eigenvalue weighted by Gasteiger charge is 2.10. The number of amides is 1. The fourth-order valence-electron chi connectivity index (χ4n) is 1.41. The van der Waals surface area contributed by atoms with Gasteiger partial charge < -0.3 is 16.2 Å². The van der Waals surface area contributed by atoms with E-state index in [1.54, 1.807) is 12.1 Å². The van der Waals surface area contributed by atoms with Gasteiger partial charge in [-0.15, -0.1) is 0 Å². The molecule has 1 aromatic carbocycles. The number of nitrogen functional groups attached to an aromatic ring is 1. The van der Waals surface area contributed by atoms with Gasteiger partial charge >= 0.3 is 0 Å². The van der Waals surface area contributed by atoms with Crippen molar-refractivity contribution in [1.82, 2.24) is 5.32 Å². The zero-order valence-corrected chi connectivity index (χ0v) is 10.3. The van der Waals surface area contributed by atoms with Crippen molar-refractivity contribution in [3.63, 3.8) is 0 Å². The van der Waals surface area contributed by atoms with Gasteiger partial charge in [-0.2, -0.15) is 0 Å². The van der Waals surface area contributed by atoms with Crippen LogP contribution in [0.5, 0.6) is 0 Å². The number of anilines is 1.